The van der Waals surface area contributed by atoms with Crippen LogP contribution in [-0.4, -0.2) is 9.97 Å². The number of furan rings is 1. The van der Waals surface area contributed by atoms with Crippen LogP contribution in [-0.2, 0) is 0 Å². The van der Waals surface area contributed by atoms with E-state index in [1.807, 2.05) is 29.5 Å². The molecule has 0 spiro atoms. The molecule has 3 nitrogen and oxygen atoms in total. The molecule has 0 atom stereocenters. The summed E-state index contributed by atoms with van der Waals surface area (Å²) in [7, 11) is 0. The summed E-state index contributed by atoms with van der Waals surface area (Å²) in [4.78, 5) is 10.5. The fraction of sp³-hybridized carbons (Fsp3) is 0. The first kappa shape index (κ1) is 28.6. The van der Waals surface area contributed by atoms with E-state index in [4.69, 9.17) is 14.4 Å². The van der Waals surface area contributed by atoms with Crippen molar-refractivity contribution in [2.75, 3.05) is 0 Å². The number of para-hydroxylation sites is 1. The molecule has 3 heterocycles. The number of hydrogen-bond donors (Lipinski definition) is 0. The maximum Gasteiger partial charge on any atom is 0.161 e. The minimum Gasteiger partial charge on any atom is -0.455 e. The van der Waals surface area contributed by atoms with Crippen molar-refractivity contribution >= 4 is 53.4 Å². The lowest BCUT2D eigenvalue weighted by molar-refractivity contribution is 0.670. The summed E-state index contributed by atoms with van der Waals surface area (Å²) >= 11 is 1.85. The first-order valence-electron chi connectivity index (χ1n) is 16.7. The van der Waals surface area contributed by atoms with Gasteiger partial charge in [0, 0.05) is 53.2 Å². The van der Waals surface area contributed by atoms with Crippen LogP contribution in [0.4, 0.5) is 0 Å². The van der Waals surface area contributed by atoms with Gasteiger partial charge in [-0.25, -0.2) is 9.97 Å². The summed E-state index contributed by atoms with van der Waals surface area (Å²) in [6.07, 6.45) is 0. The van der Waals surface area contributed by atoms with Crippen LogP contribution >= 0.6 is 11.3 Å². The van der Waals surface area contributed by atoms with E-state index in [9.17, 15) is 0 Å². The SMILES string of the molecule is c1ccc(-c2cc(-c3ccc(-c4cccc5c4sc4ccccc45)c4c3oc3ccccc34)nc(-c3ccccc3-c3ccccc3)n2)cc1. The smallest absolute Gasteiger partial charge is 0.161 e. The number of fused-ring (bicyclic) bond motifs is 6. The average Bonchev–Trinajstić information content (AvgIpc) is 3.77. The van der Waals surface area contributed by atoms with E-state index in [-0.39, 0.29) is 0 Å². The van der Waals surface area contributed by atoms with Gasteiger partial charge in [0.15, 0.2) is 5.82 Å². The molecule has 3 aromatic heterocycles. The number of thiophene rings is 1. The van der Waals surface area contributed by atoms with Crippen molar-refractivity contribution in [1.29, 1.82) is 0 Å². The van der Waals surface area contributed by atoms with Gasteiger partial charge in [-0.2, -0.15) is 0 Å². The summed E-state index contributed by atoms with van der Waals surface area (Å²) in [5.41, 5.74) is 10.9. The van der Waals surface area contributed by atoms with Crippen molar-refractivity contribution < 1.29 is 4.42 Å². The van der Waals surface area contributed by atoms with Gasteiger partial charge in [0.25, 0.3) is 0 Å². The fourth-order valence-electron chi connectivity index (χ4n) is 7.22. The zero-order chi connectivity index (χ0) is 33.0. The molecule has 10 rings (SSSR count). The van der Waals surface area contributed by atoms with Crippen LogP contribution in [0.2, 0.25) is 0 Å². The normalized spacial score (nSPS) is 11.6. The van der Waals surface area contributed by atoms with Gasteiger partial charge < -0.3 is 4.42 Å². The van der Waals surface area contributed by atoms with E-state index >= 15 is 0 Å². The van der Waals surface area contributed by atoms with Crippen LogP contribution in [0.3, 0.4) is 0 Å². The van der Waals surface area contributed by atoms with Crippen LogP contribution in [0.15, 0.2) is 174 Å². The molecule has 0 bridgehead atoms. The Morgan fingerprint density at radius 3 is 1.88 bits per heavy atom. The maximum atomic E-state index is 6.80. The van der Waals surface area contributed by atoms with Crippen molar-refractivity contribution in [3.8, 4) is 56.2 Å². The maximum absolute atomic E-state index is 6.80. The van der Waals surface area contributed by atoms with E-state index in [0.717, 1.165) is 66.7 Å². The Hall–Kier alpha value is -6.36. The van der Waals surface area contributed by atoms with E-state index < -0.39 is 0 Å². The quantitative estimate of drug-likeness (QED) is 0.185. The molecular formula is C46H28N2OS. The Balaban J connectivity index is 1.25. The van der Waals surface area contributed by atoms with Gasteiger partial charge >= 0.3 is 0 Å². The minimum absolute atomic E-state index is 0.671. The molecule has 0 aliphatic heterocycles. The van der Waals surface area contributed by atoms with Crippen LogP contribution in [0.25, 0.3) is 98.3 Å². The van der Waals surface area contributed by atoms with Gasteiger partial charge in [-0.1, -0.05) is 146 Å². The van der Waals surface area contributed by atoms with Crippen molar-refractivity contribution in [3.63, 3.8) is 0 Å². The summed E-state index contributed by atoms with van der Waals surface area (Å²) in [6, 6.07) is 59.3. The summed E-state index contributed by atoms with van der Waals surface area (Å²) in [6.45, 7) is 0. The predicted molar refractivity (Wildman–Crippen MR) is 209 cm³/mol. The van der Waals surface area contributed by atoms with Gasteiger partial charge in [0.1, 0.15) is 11.2 Å². The van der Waals surface area contributed by atoms with Gasteiger partial charge in [-0.15, -0.1) is 11.3 Å². The third-order valence-electron chi connectivity index (χ3n) is 9.54. The molecule has 0 aliphatic rings. The number of nitrogens with zero attached hydrogens (tertiary/aromatic N) is 2. The Kier molecular flexibility index (Phi) is 6.68. The molecule has 50 heavy (non-hydrogen) atoms. The molecule has 0 radical (unpaired) electrons. The minimum atomic E-state index is 0.671. The molecule has 0 saturated heterocycles. The molecule has 7 aromatic carbocycles. The van der Waals surface area contributed by atoms with Gasteiger partial charge in [0.05, 0.1) is 11.4 Å². The standard InChI is InChI=1S/C46H28N2OS/c1-3-14-29(15-4-1)31-18-7-8-20-36(31)46-47-39(30-16-5-2-6-17-30)28-40(48-46)37-27-26-33(43-38-21-9-11-24-41(38)49-44(37)43)35-23-13-22-34-32-19-10-12-25-42(32)50-45(34)35/h1-28H. The largest absolute Gasteiger partial charge is 0.455 e. The summed E-state index contributed by atoms with van der Waals surface area (Å²) < 4.78 is 9.37. The van der Waals surface area contributed by atoms with Crippen molar-refractivity contribution in [2.45, 2.75) is 0 Å². The molecular weight excluding hydrogens is 629 g/mol. The molecule has 10 aromatic rings. The predicted octanol–water partition coefficient (Wildman–Crippen LogP) is 13.1. The lowest BCUT2D eigenvalue weighted by atomic mass is 9.94. The second kappa shape index (κ2) is 11.7. The monoisotopic (exact) mass is 656 g/mol. The Morgan fingerprint density at radius 2 is 1.04 bits per heavy atom. The lowest BCUT2D eigenvalue weighted by Crippen LogP contribution is -1.97. The van der Waals surface area contributed by atoms with Gasteiger partial charge in [0.2, 0.25) is 0 Å². The first-order valence-corrected chi connectivity index (χ1v) is 17.6. The number of aromatic nitrogens is 2. The molecule has 234 valence electrons. The Labute approximate surface area is 292 Å². The van der Waals surface area contributed by atoms with Gasteiger partial charge in [-0.3, -0.25) is 0 Å². The highest BCUT2D eigenvalue weighted by atomic mass is 32.1. The fourth-order valence-corrected chi connectivity index (χ4v) is 8.45. The number of rotatable bonds is 5. The van der Waals surface area contributed by atoms with Crippen LogP contribution in [0, 0.1) is 0 Å². The zero-order valence-electron chi connectivity index (χ0n) is 26.9. The average molecular weight is 657 g/mol. The van der Waals surface area contributed by atoms with Gasteiger partial charge in [-0.05, 0) is 41.0 Å². The van der Waals surface area contributed by atoms with Crippen molar-refractivity contribution in [3.05, 3.63) is 170 Å². The zero-order valence-corrected chi connectivity index (χ0v) is 27.7. The Morgan fingerprint density at radius 1 is 0.420 bits per heavy atom. The van der Waals surface area contributed by atoms with E-state index in [1.165, 1.54) is 25.7 Å². The highest BCUT2D eigenvalue weighted by Crippen LogP contribution is 2.46. The third-order valence-corrected chi connectivity index (χ3v) is 10.8. The first-order chi connectivity index (χ1) is 24.8. The number of hydrogen-bond acceptors (Lipinski definition) is 4. The third kappa shape index (κ3) is 4.65. The van der Waals surface area contributed by atoms with Crippen LogP contribution in [0.5, 0.6) is 0 Å². The van der Waals surface area contributed by atoms with Crippen molar-refractivity contribution in [1.82, 2.24) is 9.97 Å². The van der Waals surface area contributed by atoms with Crippen LogP contribution < -0.4 is 0 Å². The molecule has 0 amide bonds. The Bertz CT molecular complexity index is 2870. The van der Waals surface area contributed by atoms with E-state index in [2.05, 4.69) is 152 Å². The highest BCUT2D eigenvalue weighted by Gasteiger charge is 2.22. The second-order valence-electron chi connectivity index (χ2n) is 12.5. The second-order valence-corrected chi connectivity index (χ2v) is 13.5. The van der Waals surface area contributed by atoms with E-state index in [0.29, 0.717) is 5.82 Å². The topological polar surface area (TPSA) is 38.9 Å². The molecule has 0 unspecified atom stereocenters. The highest BCUT2D eigenvalue weighted by molar-refractivity contribution is 7.26. The number of benzene rings is 7. The summed E-state index contributed by atoms with van der Waals surface area (Å²) in [5.74, 6) is 0.671. The van der Waals surface area contributed by atoms with Crippen molar-refractivity contribution in [2.24, 2.45) is 0 Å². The molecule has 0 N–H and O–H groups in total. The molecule has 0 saturated carbocycles. The summed E-state index contributed by atoms with van der Waals surface area (Å²) in [5, 5.41) is 4.74. The molecule has 4 heteroatoms. The van der Waals surface area contributed by atoms with E-state index in [1.54, 1.807) is 0 Å². The van der Waals surface area contributed by atoms with Crippen LogP contribution in [0.1, 0.15) is 0 Å². The molecule has 0 aliphatic carbocycles. The lowest BCUT2D eigenvalue weighted by Gasteiger charge is -2.14. The molecule has 0 fully saturated rings.